The lowest BCUT2D eigenvalue weighted by Crippen LogP contribution is -2.45. The number of hydrogen-bond donors (Lipinski definition) is 3. The second-order valence-corrected chi connectivity index (χ2v) is 27.4. The van der Waals surface area contributed by atoms with Crippen LogP contribution in [-0.4, -0.2) is 73.4 Å². The van der Waals surface area contributed by atoms with Gasteiger partial charge in [0, 0.05) is 6.42 Å². The van der Waals surface area contributed by atoms with Gasteiger partial charge in [0.05, 0.1) is 39.9 Å². The Morgan fingerprint density at radius 1 is 0.412 bits per heavy atom. The fourth-order valence-electron chi connectivity index (χ4n) is 11.1. The highest BCUT2D eigenvalue weighted by atomic mass is 31.2. The van der Waals surface area contributed by atoms with Gasteiger partial charge in [-0.05, 0) is 32.1 Å². The Morgan fingerprint density at radius 2 is 0.688 bits per heavy atom. The van der Waals surface area contributed by atoms with Crippen molar-refractivity contribution in [2.45, 2.75) is 386 Å². The van der Waals surface area contributed by atoms with Crippen LogP contribution in [0, 0.1) is 0 Å². The highest BCUT2D eigenvalue weighted by molar-refractivity contribution is 7.47. The minimum Gasteiger partial charge on any atom is -0.387 e. The Balaban J connectivity index is 3.93. The average Bonchev–Trinajstić information content (AvgIpc) is 3.42. The van der Waals surface area contributed by atoms with E-state index in [9.17, 15) is 19.4 Å². The Kier molecular flexibility index (Phi) is 61.7. The lowest BCUT2D eigenvalue weighted by molar-refractivity contribution is -0.870. The molecule has 0 aromatic carbocycles. The molecule has 9 heteroatoms. The molecule has 0 rings (SSSR count). The van der Waals surface area contributed by atoms with Gasteiger partial charge in [-0.1, -0.05) is 359 Å². The number of carbonyl (C=O) groups is 1. The number of amides is 1. The van der Waals surface area contributed by atoms with Crippen LogP contribution in [0.15, 0.2) is 24.3 Å². The minimum absolute atomic E-state index is 0.0590. The van der Waals surface area contributed by atoms with Gasteiger partial charge in [0.15, 0.2) is 0 Å². The molecular weight excluding hydrogens is 1010 g/mol. The Bertz CT molecular complexity index is 1350. The van der Waals surface area contributed by atoms with Crippen LogP contribution in [0.1, 0.15) is 373 Å². The second kappa shape index (κ2) is 62.5. The first kappa shape index (κ1) is 79.0. The van der Waals surface area contributed by atoms with E-state index in [4.69, 9.17) is 9.05 Å². The van der Waals surface area contributed by atoms with E-state index in [0.29, 0.717) is 17.4 Å². The summed E-state index contributed by atoms with van der Waals surface area (Å²) < 4.78 is 23.8. The zero-order chi connectivity index (χ0) is 58.4. The van der Waals surface area contributed by atoms with E-state index in [0.717, 1.165) is 38.5 Å². The summed E-state index contributed by atoms with van der Waals surface area (Å²) in [6.45, 7) is 4.86. The molecule has 0 aromatic heterocycles. The minimum atomic E-state index is -4.36. The fraction of sp³-hybridized carbons (Fsp3) is 0.930. The number of unbranched alkanes of at least 4 members (excludes halogenated alkanes) is 52. The number of quaternary nitrogens is 1. The van der Waals surface area contributed by atoms with Crippen molar-refractivity contribution in [2.75, 3.05) is 40.9 Å². The van der Waals surface area contributed by atoms with E-state index in [-0.39, 0.29) is 19.1 Å². The molecule has 0 fully saturated rings. The standard InChI is InChI=1S/C71H141N2O6P/c1-6-8-10-12-14-16-18-20-22-24-26-28-29-30-31-32-33-34-35-36-37-38-39-40-41-42-43-44-45-47-49-51-53-55-57-59-61-63-65-71(75)72-69(68-79-80(76,77)78-67-66-73(3,4)5)70(74)64-62-60-58-56-54-52-50-48-46-27-25-23-21-19-17-15-13-11-9-7-2/h54,56,62,64,69-70,74H,6-53,55,57-61,63,65-68H2,1-5H3,(H-,72,75,76,77)/p+1/b56-54+,64-62+. The molecule has 0 radical (unpaired) electrons. The summed E-state index contributed by atoms with van der Waals surface area (Å²) in [4.78, 5) is 23.4. The summed E-state index contributed by atoms with van der Waals surface area (Å²) >= 11 is 0. The van der Waals surface area contributed by atoms with Gasteiger partial charge in [-0.3, -0.25) is 13.8 Å². The Hall–Kier alpha value is -1.02. The highest BCUT2D eigenvalue weighted by Crippen LogP contribution is 2.43. The van der Waals surface area contributed by atoms with E-state index >= 15 is 0 Å². The smallest absolute Gasteiger partial charge is 0.387 e. The van der Waals surface area contributed by atoms with Gasteiger partial charge in [0.2, 0.25) is 5.91 Å². The quantitative estimate of drug-likeness (QED) is 0.0243. The van der Waals surface area contributed by atoms with E-state index in [2.05, 4.69) is 31.3 Å². The van der Waals surface area contributed by atoms with Crippen LogP contribution in [0.3, 0.4) is 0 Å². The summed E-state index contributed by atoms with van der Waals surface area (Å²) in [6, 6.07) is -0.861. The van der Waals surface area contributed by atoms with Crippen molar-refractivity contribution in [3.05, 3.63) is 24.3 Å². The molecule has 0 aromatic rings. The number of phosphoric acid groups is 1. The largest absolute Gasteiger partial charge is 0.472 e. The maximum absolute atomic E-state index is 13.0. The molecule has 0 saturated carbocycles. The number of nitrogens with one attached hydrogen (secondary N) is 1. The molecule has 8 nitrogen and oxygen atoms in total. The summed E-state index contributed by atoms with van der Waals surface area (Å²) in [5.74, 6) is -0.178. The molecule has 1 amide bonds. The maximum atomic E-state index is 13.0. The second-order valence-electron chi connectivity index (χ2n) is 26.0. The van der Waals surface area contributed by atoms with Crippen LogP contribution >= 0.6 is 7.82 Å². The van der Waals surface area contributed by atoms with Crippen molar-refractivity contribution in [1.29, 1.82) is 0 Å². The lowest BCUT2D eigenvalue weighted by Gasteiger charge is -2.25. The molecule has 80 heavy (non-hydrogen) atoms. The predicted octanol–water partition coefficient (Wildman–Crippen LogP) is 22.7. The molecule has 0 saturated heterocycles. The third kappa shape index (κ3) is 64.5. The summed E-state index contributed by atoms with van der Waals surface area (Å²) in [5, 5.41) is 14.0. The number of likely N-dealkylation sites (N-methyl/N-ethyl adjacent to an activating group) is 1. The van der Waals surface area contributed by atoms with Crippen LogP contribution in [0.4, 0.5) is 0 Å². The zero-order valence-electron chi connectivity index (χ0n) is 54.6. The number of phosphoric ester groups is 1. The van der Waals surface area contributed by atoms with E-state index in [1.54, 1.807) is 6.08 Å². The number of aliphatic hydroxyl groups is 1. The first-order valence-corrected chi connectivity index (χ1v) is 37.2. The third-order valence-corrected chi connectivity index (χ3v) is 17.7. The average molecular weight is 1150 g/mol. The molecule has 0 bridgehead atoms. The van der Waals surface area contributed by atoms with Gasteiger partial charge in [-0.15, -0.1) is 0 Å². The van der Waals surface area contributed by atoms with Gasteiger partial charge >= 0.3 is 7.82 Å². The monoisotopic (exact) mass is 1150 g/mol. The highest BCUT2D eigenvalue weighted by Gasteiger charge is 2.28. The van der Waals surface area contributed by atoms with Gasteiger partial charge in [-0.25, -0.2) is 4.57 Å². The van der Waals surface area contributed by atoms with E-state index in [1.807, 2.05) is 27.2 Å². The number of allylic oxidation sites excluding steroid dienone is 3. The van der Waals surface area contributed by atoms with Crippen LogP contribution in [0.2, 0.25) is 0 Å². The summed E-state index contributed by atoms with van der Waals surface area (Å²) in [7, 11) is 1.57. The predicted molar refractivity (Wildman–Crippen MR) is 351 cm³/mol. The number of nitrogens with zero attached hydrogens (tertiary/aromatic N) is 1. The van der Waals surface area contributed by atoms with Crippen molar-refractivity contribution >= 4 is 13.7 Å². The zero-order valence-corrected chi connectivity index (χ0v) is 55.5. The van der Waals surface area contributed by atoms with Crippen LogP contribution in [0.25, 0.3) is 0 Å². The van der Waals surface area contributed by atoms with Crippen molar-refractivity contribution < 1.29 is 32.9 Å². The van der Waals surface area contributed by atoms with Crippen LogP contribution < -0.4 is 5.32 Å². The van der Waals surface area contributed by atoms with Crippen LogP contribution in [-0.2, 0) is 18.4 Å². The molecule has 0 aliphatic carbocycles. The van der Waals surface area contributed by atoms with Crippen molar-refractivity contribution in [1.82, 2.24) is 5.32 Å². The number of hydrogen-bond acceptors (Lipinski definition) is 5. The molecule has 3 N–H and O–H groups in total. The summed E-state index contributed by atoms with van der Waals surface area (Å²) in [5.41, 5.74) is 0. The molecular formula is C71H142N2O6P+. The number of aliphatic hydroxyl groups excluding tert-OH is 1. The molecule has 476 valence electrons. The number of carbonyl (C=O) groups excluding carboxylic acids is 1. The van der Waals surface area contributed by atoms with Gasteiger partial charge in [0.25, 0.3) is 0 Å². The molecule has 0 aliphatic rings. The number of rotatable bonds is 67. The SMILES string of the molecule is CCCCCCCCCCCCCCCC/C=C/CC/C=C/C(O)C(COP(=O)(O)OCC[N+](C)(C)C)NC(=O)CCCCCCCCCCCCCCCCCCCCCCCCCCCCCCCCCCCCCCCC. The van der Waals surface area contributed by atoms with Crippen molar-refractivity contribution in [2.24, 2.45) is 0 Å². The molecule has 0 aliphatic heterocycles. The first-order chi connectivity index (χ1) is 39.0. The molecule has 3 atom stereocenters. The van der Waals surface area contributed by atoms with Gasteiger partial charge < -0.3 is 19.8 Å². The molecule has 0 spiro atoms. The maximum Gasteiger partial charge on any atom is 0.472 e. The van der Waals surface area contributed by atoms with E-state index < -0.39 is 20.0 Å². The Labute approximate surface area is 500 Å². The summed E-state index contributed by atoms with van der Waals surface area (Å²) in [6.07, 6.45) is 82.1. The fourth-order valence-corrected chi connectivity index (χ4v) is 11.9. The molecule has 0 heterocycles. The third-order valence-electron chi connectivity index (χ3n) is 16.7. The topological polar surface area (TPSA) is 105 Å². The first-order valence-electron chi connectivity index (χ1n) is 35.7. The normalized spacial score (nSPS) is 13.7. The van der Waals surface area contributed by atoms with Crippen molar-refractivity contribution in [3.63, 3.8) is 0 Å². The Morgan fingerprint density at radius 3 is 1.00 bits per heavy atom. The van der Waals surface area contributed by atoms with Crippen molar-refractivity contribution in [3.8, 4) is 0 Å². The van der Waals surface area contributed by atoms with Gasteiger partial charge in [0.1, 0.15) is 13.2 Å². The van der Waals surface area contributed by atoms with Crippen LogP contribution in [0.5, 0.6) is 0 Å². The van der Waals surface area contributed by atoms with E-state index in [1.165, 1.54) is 315 Å². The van der Waals surface area contributed by atoms with Gasteiger partial charge in [-0.2, -0.15) is 0 Å². The lowest BCUT2D eigenvalue weighted by atomic mass is 10.0. The molecule has 3 unspecified atom stereocenters.